The van der Waals surface area contributed by atoms with E-state index in [0.717, 1.165) is 40.6 Å². The lowest BCUT2D eigenvalue weighted by Crippen LogP contribution is -2.43. The predicted octanol–water partition coefficient (Wildman–Crippen LogP) is 2.97. The van der Waals surface area contributed by atoms with E-state index in [4.69, 9.17) is 5.73 Å². The average Bonchev–Trinajstić information content (AvgIpc) is 3.01. The quantitative estimate of drug-likeness (QED) is 0.908. The van der Waals surface area contributed by atoms with Crippen molar-refractivity contribution in [3.63, 3.8) is 0 Å². The highest BCUT2D eigenvalue weighted by Gasteiger charge is 2.35. The van der Waals surface area contributed by atoms with E-state index in [-0.39, 0.29) is 12.1 Å². The summed E-state index contributed by atoms with van der Waals surface area (Å²) in [6.45, 7) is 2.24. The SMILES string of the molecule is CC1(NS(=O)(=O)c2c(CN)sc3ccccc23)CCCC1. The van der Waals surface area contributed by atoms with Crippen LogP contribution in [0.15, 0.2) is 29.2 Å². The minimum atomic E-state index is -3.55. The molecule has 1 fully saturated rings. The molecule has 1 saturated carbocycles. The Morgan fingerprint density at radius 2 is 1.95 bits per heavy atom. The van der Waals surface area contributed by atoms with Gasteiger partial charge in [-0.1, -0.05) is 31.0 Å². The van der Waals surface area contributed by atoms with Crippen LogP contribution in [-0.4, -0.2) is 14.0 Å². The van der Waals surface area contributed by atoms with Crippen molar-refractivity contribution in [2.24, 2.45) is 5.73 Å². The molecule has 2 aromatic rings. The number of fused-ring (bicyclic) bond motifs is 1. The van der Waals surface area contributed by atoms with Gasteiger partial charge in [0.25, 0.3) is 0 Å². The zero-order chi connectivity index (χ0) is 15.1. The van der Waals surface area contributed by atoms with Crippen molar-refractivity contribution in [1.82, 2.24) is 4.72 Å². The Balaban J connectivity index is 2.10. The minimum absolute atomic E-state index is 0.242. The second kappa shape index (κ2) is 5.35. The number of rotatable bonds is 4. The van der Waals surface area contributed by atoms with Crippen LogP contribution in [0.5, 0.6) is 0 Å². The monoisotopic (exact) mass is 324 g/mol. The predicted molar refractivity (Wildman–Crippen MR) is 86.9 cm³/mol. The highest BCUT2D eigenvalue weighted by Crippen LogP contribution is 2.37. The number of sulfonamides is 1. The lowest BCUT2D eigenvalue weighted by atomic mass is 10.0. The largest absolute Gasteiger partial charge is 0.326 e. The first-order valence-electron chi connectivity index (χ1n) is 7.20. The number of hydrogen-bond acceptors (Lipinski definition) is 4. The molecule has 0 radical (unpaired) electrons. The molecule has 0 unspecified atom stereocenters. The minimum Gasteiger partial charge on any atom is -0.326 e. The summed E-state index contributed by atoms with van der Waals surface area (Å²) in [5, 5.41) is 0.775. The fraction of sp³-hybridized carbons (Fsp3) is 0.467. The van der Waals surface area contributed by atoms with E-state index in [2.05, 4.69) is 4.72 Å². The third-order valence-corrected chi connectivity index (χ3v) is 7.25. The molecule has 0 amide bonds. The Hall–Kier alpha value is -0.950. The van der Waals surface area contributed by atoms with Gasteiger partial charge in [0.05, 0.1) is 0 Å². The first-order chi connectivity index (χ1) is 9.95. The van der Waals surface area contributed by atoms with Gasteiger partial charge in [0.1, 0.15) is 4.90 Å². The highest BCUT2D eigenvalue weighted by atomic mass is 32.2. The van der Waals surface area contributed by atoms with Gasteiger partial charge in [0, 0.05) is 27.0 Å². The van der Waals surface area contributed by atoms with Gasteiger partial charge in [-0.05, 0) is 25.8 Å². The lowest BCUT2D eigenvalue weighted by Gasteiger charge is -2.25. The Morgan fingerprint density at radius 1 is 1.29 bits per heavy atom. The summed E-state index contributed by atoms with van der Waals surface area (Å²) < 4.78 is 29.7. The number of nitrogens with two attached hydrogens (primary N) is 1. The van der Waals surface area contributed by atoms with Gasteiger partial charge in [-0.2, -0.15) is 0 Å². The van der Waals surface area contributed by atoms with Gasteiger partial charge in [-0.25, -0.2) is 13.1 Å². The van der Waals surface area contributed by atoms with Gasteiger partial charge in [0.2, 0.25) is 10.0 Å². The number of thiophene rings is 1. The van der Waals surface area contributed by atoms with E-state index in [1.54, 1.807) is 0 Å². The molecular formula is C15H20N2O2S2. The molecule has 6 heteroatoms. The fourth-order valence-corrected chi connectivity index (χ4v) is 6.44. The highest BCUT2D eigenvalue weighted by molar-refractivity contribution is 7.90. The van der Waals surface area contributed by atoms with E-state index >= 15 is 0 Å². The number of benzene rings is 1. The summed E-state index contributed by atoms with van der Waals surface area (Å²) in [7, 11) is -3.55. The summed E-state index contributed by atoms with van der Waals surface area (Å²) in [6.07, 6.45) is 3.94. The topological polar surface area (TPSA) is 72.2 Å². The molecule has 114 valence electrons. The Kier molecular flexibility index (Phi) is 3.81. The molecular weight excluding hydrogens is 304 g/mol. The van der Waals surface area contributed by atoms with E-state index in [1.165, 1.54) is 11.3 Å². The van der Waals surface area contributed by atoms with Crippen LogP contribution in [-0.2, 0) is 16.6 Å². The first kappa shape index (κ1) is 15.0. The van der Waals surface area contributed by atoms with Crippen molar-refractivity contribution >= 4 is 31.4 Å². The van der Waals surface area contributed by atoms with Crippen LogP contribution in [0.4, 0.5) is 0 Å². The average molecular weight is 324 g/mol. The van der Waals surface area contributed by atoms with Crippen LogP contribution in [0.1, 0.15) is 37.5 Å². The van der Waals surface area contributed by atoms with Crippen LogP contribution in [0, 0.1) is 0 Å². The summed E-state index contributed by atoms with van der Waals surface area (Å²) >= 11 is 1.46. The van der Waals surface area contributed by atoms with E-state index in [9.17, 15) is 8.42 Å². The maximum absolute atomic E-state index is 12.9. The number of hydrogen-bond donors (Lipinski definition) is 2. The molecule has 1 aliphatic carbocycles. The molecule has 4 nitrogen and oxygen atoms in total. The van der Waals surface area contributed by atoms with Gasteiger partial charge in [-0.15, -0.1) is 11.3 Å². The first-order valence-corrected chi connectivity index (χ1v) is 9.50. The van der Waals surface area contributed by atoms with E-state index < -0.39 is 10.0 Å². The van der Waals surface area contributed by atoms with E-state index in [1.807, 2.05) is 31.2 Å². The van der Waals surface area contributed by atoms with Crippen molar-refractivity contribution in [3.05, 3.63) is 29.1 Å². The molecule has 1 heterocycles. The standard InChI is InChI=1S/C15H20N2O2S2/c1-15(8-4-5-9-15)17-21(18,19)14-11-6-2-3-7-12(11)20-13(14)10-16/h2-3,6-7,17H,4-5,8-10,16H2,1H3. The summed E-state index contributed by atoms with van der Waals surface area (Å²) in [5.74, 6) is 0. The van der Waals surface area contributed by atoms with E-state index in [0.29, 0.717) is 4.90 Å². The Bertz CT molecular complexity index is 759. The third kappa shape index (κ3) is 2.73. The molecule has 0 aliphatic heterocycles. The van der Waals surface area contributed by atoms with Gasteiger partial charge >= 0.3 is 0 Å². The molecule has 0 atom stereocenters. The Morgan fingerprint density at radius 3 is 2.62 bits per heavy atom. The number of nitrogens with one attached hydrogen (secondary N) is 1. The third-order valence-electron chi connectivity index (χ3n) is 4.16. The molecule has 3 N–H and O–H groups in total. The fourth-order valence-electron chi connectivity index (χ4n) is 3.13. The molecule has 3 rings (SSSR count). The summed E-state index contributed by atoms with van der Waals surface area (Å²) in [5.41, 5.74) is 5.44. The zero-order valence-electron chi connectivity index (χ0n) is 12.1. The second-order valence-corrected chi connectivity index (χ2v) is 8.68. The van der Waals surface area contributed by atoms with Crippen molar-refractivity contribution in [1.29, 1.82) is 0 Å². The van der Waals surface area contributed by atoms with Crippen LogP contribution in [0.25, 0.3) is 10.1 Å². The van der Waals surface area contributed by atoms with Crippen LogP contribution >= 0.6 is 11.3 Å². The van der Waals surface area contributed by atoms with Crippen LogP contribution < -0.4 is 10.5 Å². The maximum atomic E-state index is 12.9. The molecule has 0 spiro atoms. The molecule has 1 aromatic carbocycles. The molecule has 1 aromatic heterocycles. The van der Waals surface area contributed by atoms with Crippen molar-refractivity contribution < 1.29 is 8.42 Å². The normalized spacial score (nSPS) is 18.4. The van der Waals surface area contributed by atoms with Gasteiger partial charge < -0.3 is 5.73 Å². The van der Waals surface area contributed by atoms with Gasteiger partial charge in [-0.3, -0.25) is 0 Å². The van der Waals surface area contributed by atoms with Crippen molar-refractivity contribution in [2.45, 2.75) is 49.6 Å². The van der Waals surface area contributed by atoms with Crippen molar-refractivity contribution in [2.75, 3.05) is 0 Å². The van der Waals surface area contributed by atoms with Gasteiger partial charge in [0.15, 0.2) is 0 Å². The van der Waals surface area contributed by atoms with Crippen LogP contribution in [0.3, 0.4) is 0 Å². The second-order valence-electron chi connectivity index (χ2n) is 5.93. The molecule has 0 bridgehead atoms. The maximum Gasteiger partial charge on any atom is 0.242 e. The molecule has 0 saturated heterocycles. The Labute approximate surface area is 129 Å². The lowest BCUT2D eigenvalue weighted by molar-refractivity contribution is 0.427. The van der Waals surface area contributed by atoms with Crippen molar-refractivity contribution in [3.8, 4) is 0 Å². The smallest absolute Gasteiger partial charge is 0.242 e. The molecule has 21 heavy (non-hydrogen) atoms. The molecule has 1 aliphatic rings. The summed E-state index contributed by atoms with van der Waals surface area (Å²) in [6, 6.07) is 7.58. The summed E-state index contributed by atoms with van der Waals surface area (Å²) in [4.78, 5) is 1.10. The zero-order valence-corrected chi connectivity index (χ0v) is 13.7. The van der Waals surface area contributed by atoms with Crippen LogP contribution in [0.2, 0.25) is 0 Å².